The molecule has 7 heteroatoms. The number of rotatable bonds is 7. The minimum absolute atomic E-state index is 0.154. The molecule has 0 bridgehead atoms. The minimum atomic E-state index is -0.173. The molecule has 0 radical (unpaired) electrons. The number of carbonyl (C=O) groups is 1. The number of hydrogen-bond donors (Lipinski definition) is 3. The molecule has 3 aromatic rings. The molecule has 3 N–H and O–H groups in total. The highest BCUT2D eigenvalue weighted by atomic mass is 16.1. The lowest BCUT2D eigenvalue weighted by Gasteiger charge is -2.37. The van der Waals surface area contributed by atoms with Crippen LogP contribution in [0.15, 0.2) is 47.5 Å². The van der Waals surface area contributed by atoms with Gasteiger partial charge in [-0.15, -0.1) is 0 Å². The largest absolute Gasteiger partial charge is 0.369 e. The second kappa shape index (κ2) is 13.9. The normalized spacial score (nSPS) is 13.4. The highest BCUT2D eigenvalue weighted by Gasteiger charge is 2.24. The second-order valence-corrected chi connectivity index (χ2v) is 10.1. The van der Waals surface area contributed by atoms with Crippen molar-refractivity contribution in [2.75, 3.05) is 25.5 Å². The van der Waals surface area contributed by atoms with Crippen molar-refractivity contribution in [3.63, 3.8) is 0 Å². The fourth-order valence-corrected chi connectivity index (χ4v) is 5.32. The molecule has 204 valence electrons. The molecule has 1 fully saturated rings. The van der Waals surface area contributed by atoms with E-state index in [-0.39, 0.29) is 18.0 Å². The van der Waals surface area contributed by atoms with E-state index in [2.05, 4.69) is 38.5 Å². The summed E-state index contributed by atoms with van der Waals surface area (Å²) in [5.74, 6) is -0.173. The van der Waals surface area contributed by atoms with Crippen LogP contribution >= 0.6 is 0 Å². The molecule has 1 amide bonds. The van der Waals surface area contributed by atoms with Crippen LogP contribution in [0, 0.1) is 20.8 Å². The number of amides is 1. The Morgan fingerprint density at radius 3 is 2.39 bits per heavy atom. The molecule has 1 saturated carbocycles. The third-order valence-corrected chi connectivity index (χ3v) is 7.20. The van der Waals surface area contributed by atoms with Crippen molar-refractivity contribution in [2.45, 2.75) is 72.4 Å². The summed E-state index contributed by atoms with van der Waals surface area (Å²) in [6.07, 6.45) is 9.76. The molecule has 1 aliphatic carbocycles. The molecule has 0 saturated heterocycles. The maximum atomic E-state index is 13.5. The van der Waals surface area contributed by atoms with Crippen molar-refractivity contribution in [1.82, 2.24) is 20.6 Å². The zero-order valence-electron chi connectivity index (χ0n) is 23.8. The summed E-state index contributed by atoms with van der Waals surface area (Å²) in [5, 5.41) is 5.76. The van der Waals surface area contributed by atoms with E-state index in [9.17, 15) is 9.59 Å². The summed E-state index contributed by atoms with van der Waals surface area (Å²) < 4.78 is 0. The number of carbonyl (C=O) groups excluding carboxylic acids is 1. The highest BCUT2D eigenvalue weighted by Crippen LogP contribution is 2.35. The number of hydrogen-bond acceptors (Lipinski definition) is 5. The Morgan fingerprint density at radius 2 is 1.79 bits per heavy atom. The van der Waals surface area contributed by atoms with E-state index in [1.807, 2.05) is 65.3 Å². The lowest BCUT2D eigenvalue weighted by molar-refractivity contribution is 0.0950. The van der Waals surface area contributed by atoms with Crippen molar-refractivity contribution >= 4 is 11.6 Å². The van der Waals surface area contributed by atoms with E-state index in [1.54, 1.807) is 6.20 Å². The van der Waals surface area contributed by atoms with Crippen LogP contribution in [-0.4, -0.2) is 42.6 Å². The maximum Gasteiger partial charge on any atom is 0.253 e. The first-order valence-electron chi connectivity index (χ1n) is 13.7. The molecule has 2 heterocycles. The predicted octanol–water partition coefficient (Wildman–Crippen LogP) is 5.29. The second-order valence-electron chi connectivity index (χ2n) is 10.1. The van der Waals surface area contributed by atoms with Crippen LogP contribution in [0.25, 0.3) is 11.1 Å². The van der Waals surface area contributed by atoms with Gasteiger partial charge in [0.1, 0.15) is 0 Å². The number of pyridine rings is 2. The van der Waals surface area contributed by atoms with Gasteiger partial charge >= 0.3 is 0 Å². The average molecular weight is 518 g/mol. The van der Waals surface area contributed by atoms with Gasteiger partial charge in [0, 0.05) is 59.6 Å². The first-order valence-corrected chi connectivity index (χ1v) is 13.7. The van der Waals surface area contributed by atoms with E-state index in [0.717, 1.165) is 40.2 Å². The highest BCUT2D eigenvalue weighted by molar-refractivity contribution is 5.99. The zero-order valence-corrected chi connectivity index (χ0v) is 23.8. The van der Waals surface area contributed by atoms with E-state index in [1.165, 1.54) is 32.1 Å². The van der Waals surface area contributed by atoms with Crippen LogP contribution in [-0.2, 0) is 6.54 Å². The first-order chi connectivity index (χ1) is 18.3. The number of aryl methyl sites for hydroxylation is 2. The molecular weight excluding hydrogens is 474 g/mol. The van der Waals surface area contributed by atoms with Gasteiger partial charge in [0.2, 0.25) is 0 Å². The summed E-state index contributed by atoms with van der Waals surface area (Å²) >= 11 is 0. The van der Waals surface area contributed by atoms with Gasteiger partial charge < -0.3 is 20.5 Å². The van der Waals surface area contributed by atoms with E-state index >= 15 is 0 Å². The van der Waals surface area contributed by atoms with Crippen LogP contribution in [0.1, 0.15) is 71.8 Å². The molecule has 1 aromatic carbocycles. The lowest BCUT2D eigenvalue weighted by atomic mass is 9.91. The summed E-state index contributed by atoms with van der Waals surface area (Å²) in [6, 6.07) is 10.5. The molecular formula is C31H43N5O2. The van der Waals surface area contributed by atoms with E-state index in [0.29, 0.717) is 17.2 Å². The predicted molar refractivity (Wildman–Crippen MR) is 157 cm³/mol. The minimum Gasteiger partial charge on any atom is -0.369 e. The number of aromatic amines is 1. The third-order valence-electron chi connectivity index (χ3n) is 7.20. The Morgan fingerprint density at radius 1 is 1.08 bits per heavy atom. The average Bonchev–Trinajstić information content (AvgIpc) is 2.91. The molecule has 38 heavy (non-hydrogen) atoms. The topological polar surface area (TPSA) is 90.1 Å². The van der Waals surface area contributed by atoms with Gasteiger partial charge in [-0.05, 0) is 95.6 Å². The van der Waals surface area contributed by atoms with E-state index < -0.39 is 0 Å². The van der Waals surface area contributed by atoms with Crippen molar-refractivity contribution in [3.05, 3.63) is 81.0 Å². The van der Waals surface area contributed by atoms with Crippen LogP contribution in [0.3, 0.4) is 0 Å². The fraction of sp³-hybridized carbons (Fsp3) is 0.452. The van der Waals surface area contributed by atoms with Gasteiger partial charge in [-0.1, -0.05) is 25.3 Å². The number of nitrogens with zero attached hydrogens (tertiary/aromatic N) is 2. The van der Waals surface area contributed by atoms with Crippen LogP contribution in [0.4, 0.5) is 5.69 Å². The van der Waals surface area contributed by atoms with Gasteiger partial charge in [0.15, 0.2) is 0 Å². The molecule has 0 unspecified atom stereocenters. The molecule has 0 aliphatic heterocycles. The summed E-state index contributed by atoms with van der Waals surface area (Å²) in [4.78, 5) is 35.5. The quantitative estimate of drug-likeness (QED) is 0.396. The standard InChI is InChI=1S/C29H36N4O2.C2H7N/c1-5-33(24-11-7-6-8-12-24)27-16-23(22-10-9-13-30-17-22)15-25(21(27)4)28(34)31-18-26-19(2)14-20(3)32-29(26)35;1-3-2/h9-10,13-17,24H,5-8,11-12,18H2,1-4H3,(H,31,34)(H,32,35);3H,1-2H3. The molecule has 0 atom stereocenters. The first kappa shape index (κ1) is 29.1. The van der Waals surface area contributed by atoms with Gasteiger partial charge in [-0.2, -0.15) is 0 Å². The third kappa shape index (κ3) is 7.10. The smallest absolute Gasteiger partial charge is 0.253 e. The van der Waals surface area contributed by atoms with Crippen molar-refractivity contribution < 1.29 is 4.79 Å². The Kier molecular flexibility index (Phi) is 10.7. The van der Waals surface area contributed by atoms with Crippen LogP contribution in [0.5, 0.6) is 0 Å². The number of H-pyrrole nitrogens is 1. The SMILES string of the molecule is CCN(c1cc(-c2cccnc2)cc(C(=O)NCc2c(C)cc(C)[nH]c2=O)c1C)C1CCCCC1.CNC. The molecule has 1 aliphatic rings. The number of nitrogens with one attached hydrogen (secondary N) is 3. The Hall–Kier alpha value is -3.45. The van der Waals surface area contributed by atoms with Gasteiger partial charge in [-0.3, -0.25) is 14.6 Å². The number of benzene rings is 1. The summed E-state index contributed by atoms with van der Waals surface area (Å²) in [5.41, 5.74) is 6.79. The summed E-state index contributed by atoms with van der Waals surface area (Å²) in [6.45, 7) is 9.06. The van der Waals surface area contributed by atoms with Gasteiger partial charge in [-0.25, -0.2) is 0 Å². The Labute approximate surface area is 227 Å². The molecule has 0 spiro atoms. The van der Waals surface area contributed by atoms with Crippen molar-refractivity contribution in [2.24, 2.45) is 0 Å². The maximum absolute atomic E-state index is 13.5. The van der Waals surface area contributed by atoms with Crippen LogP contribution in [0.2, 0.25) is 0 Å². The fourth-order valence-electron chi connectivity index (χ4n) is 5.32. The summed E-state index contributed by atoms with van der Waals surface area (Å²) in [7, 11) is 3.75. The van der Waals surface area contributed by atoms with Crippen LogP contribution < -0.4 is 21.1 Å². The molecule has 2 aromatic heterocycles. The monoisotopic (exact) mass is 517 g/mol. The molecule has 4 rings (SSSR count). The van der Waals surface area contributed by atoms with Crippen molar-refractivity contribution in [3.8, 4) is 11.1 Å². The number of anilines is 1. The zero-order chi connectivity index (χ0) is 27.7. The Balaban J connectivity index is 0.00000127. The Bertz CT molecular complexity index is 1260. The van der Waals surface area contributed by atoms with Crippen molar-refractivity contribution in [1.29, 1.82) is 0 Å². The number of aromatic nitrogens is 2. The van der Waals surface area contributed by atoms with Gasteiger partial charge in [0.25, 0.3) is 11.5 Å². The van der Waals surface area contributed by atoms with E-state index in [4.69, 9.17) is 0 Å². The lowest BCUT2D eigenvalue weighted by Crippen LogP contribution is -2.37. The molecule has 7 nitrogen and oxygen atoms in total. The van der Waals surface area contributed by atoms with Gasteiger partial charge in [0.05, 0.1) is 0 Å².